The minimum Gasteiger partial charge on any atom is -0.311 e. The minimum absolute atomic E-state index is 0.273. The van der Waals surface area contributed by atoms with Crippen LogP contribution >= 0.6 is 0 Å². The Morgan fingerprint density at radius 1 is 0.519 bits per heavy atom. The first-order chi connectivity index (χ1) is 26.7. The van der Waals surface area contributed by atoms with Gasteiger partial charge < -0.3 is 4.90 Å². The molecule has 7 aromatic carbocycles. The predicted molar refractivity (Wildman–Crippen MR) is 213 cm³/mol. The first-order valence-electron chi connectivity index (χ1n) is 17.7. The third-order valence-corrected chi connectivity index (χ3v) is 10.6. The van der Waals surface area contributed by atoms with E-state index in [1.807, 2.05) is 72.8 Å². The molecule has 0 unspecified atom stereocenters. The van der Waals surface area contributed by atoms with Gasteiger partial charge in [-0.05, 0) is 57.6 Å². The summed E-state index contributed by atoms with van der Waals surface area (Å²) in [4.78, 5) is 20.8. The van der Waals surface area contributed by atoms with Crippen molar-refractivity contribution in [2.75, 3.05) is 4.90 Å². The monoisotopic (exact) mass is 688 g/mol. The second-order valence-electron chi connectivity index (χ2n) is 13.4. The van der Waals surface area contributed by atoms with Gasteiger partial charge in [-0.1, -0.05) is 146 Å². The fourth-order valence-electron chi connectivity index (χ4n) is 8.41. The van der Waals surface area contributed by atoms with Crippen LogP contribution in [0.3, 0.4) is 0 Å². The summed E-state index contributed by atoms with van der Waals surface area (Å²) in [5, 5.41) is 10.8. The number of nitrogens with zero attached hydrogens (tertiary/aromatic N) is 6. The zero-order chi connectivity index (χ0) is 36.2. The predicted octanol–water partition coefficient (Wildman–Crippen LogP) is 11.4. The molecule has 0 N–H and O–H groups in total. The SMILES string of the molecule is [C-]#[N+]c1cc(N2c3ccccc3C3(c4ccccc4-c4ccccc43)c3ccccc32)cc(C#N)c1-c1nc(-c2ccccc2)nc(-c2ccccc2)n1. The quantitative estimate of drug-likeness (QED) is 0.172. The first kappa shape index (κ1) is 31.1. The van der Waals surface area contributed by atoms with Gasteiger partial charge in [-0.15, -0.1) is 0 Å². The molecule has 0 saturated carbocycles. The highest BCUT2D eigenvalue weighted by atomic mass is 15.2. The molecule has 0 atom stereocenters. The topological polar surface area (TPSA) is 70.1 Å². The van der Waals surface area contributed by atoms with Gasteiger partial charge in [0.15, 0.2) is 17.5 Å². The van der Waals surface area contributed by atoms with Crippen molar-refractivity contribution in [2.24, 2.45) is 0 Å². The van der Waals surface area contributed by atoms with Gasteiger partial charge in [0.2, 0.25) is 5.69 Å². The number of rotatable bonds is 4. The van der Waals surface area contributed by atoms with Crippen molar-refractivity contribution in [1.29, 1.82) is 5.26 Å². The zero-order valence-electron chi connectivity index (χ0n) is 28.8. The number of hydrogen-bond donors (Lipinski definition) is 0. The summed E-state index contributed by atoms with van der Waals surface area (Å²) >= 11 is 0. The summed E-state index contributed by atoms with van der Waals surface area (Å²) in [7, 11) is 0. The van der Waals surface area contributed by atoms with Crippen LogP contribution in [-0.4, -0.2) is 15.0 Å². The van der Waals surface area contributed by atoms with Crippen molar-refractivity contribution in [2.45, 2.75) is 5.41 Å². The van der Waals surface area contributed by atoms with E-state index in [1.54, 1.807) is 0 Å². The zero-order valence-corrected chi connectivity index (χ0v) is 28.8. The molecule has 6 heteroatoms. The maximum atomic E-state index is 10.8. The highest BCUT2D eigenvalue weighted by Crippen LogP contribution is 2.63. The van der Waals surface area contributed by atoms with Gasteiger partial charge in [-0.25, -0.2) is 19.8 Å². The second-order valence-corrected chi connectivity index (χ2v) is 13.4. The number of para-hydroxylation sites is 2. The Morgan fingerprint density at radius 3 is 1.46 bits per heavy atom. The van der Waals surface area contributed by atoms with Crippen molar-refractivity contribution in [3.63, 3.8) is 0 Å². The van der Waals surface area contributed by atoms with Crippen LogP contribution in [-0.2, 0) is 5.41 Å². The largest absolute Gasteiger partial charge is 0.311 e. The van der Waals surface area contributed by atoms with Crippen molar-refractivity contribution in [1.82, 2.24) is 15.0 Å². The average molecular weight is 689 g/mol. The molecule has 0 fully saturated rings. The van der Waals surface area contributed by atoms with E-state index in [0.29, 0.717) is 28.5 Å². The molecule has 10 rings (SSSR count). The smallest absolute Gasteiger partial charge is 0.201 e. The van der Waals surface area contributed by atoms with E-state index in [2.05, 4.69) is 113 Å². The molecule has 1 aliphatic heterocycles. The number of benzene rings is 7. The van der Waals surface area contributed by atoms with Gasteiger partial charge in [-0.3, -0.25) is 0 Å². The summed E-state index contributed by atoms with van der Waals surface area (Å²) in [5.74, 6) is 1.20. The Bertz CT molecular complexity index is 2680. The van der Waals surface area contributed by atoms with E-state index in [-0.39, 0.29) is 11.5 Å². The molecule has 1 spiro atoms. The summed E-state index contributed by atoms with van der Waals surface area (Å²) in [6.07, 6.45) is 0. The number of aromatic nitrogens is 3. The lowest BCUT2D eigenvalue weighted by Crippen LogP contribution is -2.36. The van der Waals surface area contributed by atoms with Gasteiger partial charge in [0.05, 0.1) is 35.0 Å². The van der Waals surface area contributed by atoms with E-state index < -0.39 is 5.41 Å². The highest BCUT2D eigenvalue weighted by molar-refractivity contribution is 5.97. The highest BCUT2D eigenvalue weighted by Gasteiger charge is 2.51. The molecule has 0 amide bonds. The van der Waals surface area contributed by atoms with Crippen molar-refractivity contribution < 1.29 is 0 Å². The lowest BCUT2D eigenvalue weighted by Gasteiger charge is -2.45. The molecule has 2 aliphatic rings. The van der Waals surface area contributed by atoms with E-state index in [4.69, 9.17) is 21.5 Å². The number of hydrogen-bond acceptors (Lipinski definition) is 5. The third kappa shape index (κ3) is 4.48. The number of nitriles is 1. The molecular formula is C48H28N6. The van der Waals surface area contributed by atoms with E-state index >= 15 is 0 Å². The summed E-state index contributed by atoms with van der Waals surface area (Å²) in [6, 6.07) is 59.9. The van der Waals surface area contributed by atoms with Crippen LogP contribution in [0.5, 0.6) is 0 Å². The van der Waals surface area contributed by atoms with Gasteiger partial charge in [0.25, 0.3) is 0 Å². The van der Waals surface area contributed by atoms with Crippen molar-refractivity contribution >= 4 is 22.7 Å². The molecule has 6 nitrogen and oxygen atoms in total. The van der Waals surface area contributed by atoms with Crippen LogP contribution in [0.25, 0.3) is 50.1 Å². The molecule has 250 valence electrons. The van der Waals surface area contributed by atoms with Crippen LogP contribution in [0.15, 0.2) is 170 Å². The Kier molecular flexibility index (Phi) is 7.05. The molecule has 0 bridgehead atoms. The van der Waals surface area contributed by atoms with Gasteiger partial charge in [0.1, 0.15) is 0 Å². The standard InChI is InChI=1S/C48H28N6/c1-50-41-29-34(28-33(30-49)44(41)47-52-45(31-16-4-2-5-17-31)51-46(53-47)32-18-6-3-7-19-32)54-42-26-14-12-24-39(42)48(40-25-13-15-27-43(40)54)37-22-10-8-20-35(37)36-21-9-11-23-38(36)48/h2-29H. The maximum Gasteiger partial charge on any atom is 0.201 e. The number of fused-ring (bicyclic) bond motifs is 9. The lowest BCUT2D eigenvalue weighted by atomic mass is 9.64. The molecule has 2 heterocycles. The van der Waals surface area contributed by atoms with Gasteiger partial charge in [-0.2, -0.15) is 5.26 Å². The Hall–Kier alpha value is -7.67. The average Bonchev–Trinajstić information content (AvgIpc) is 3.54. The fourth-order valence-corrected chi connectivity index (χ4v) is 8.41. The van der Waals surface area contributed by atoms with E-state index in [1.165, 1.54) is 22.3 Å². The van der Waals surface area contributed by atoms with Crippen molar-refractivity contribution in [3.05, 3.63) is 209 Å². The van der Waals surface area contributed by atoms with Crippen LogP contribution < -0.4 is 4.90 Å². The van der Waals surface area contributed by atoms with Gasteiger partial charge in [0, 0.05) is 22.4 Å². The Balaban J connectivity index is 1.21. The fraction of sp³-hybridized carbons (Fsp3) is 0.0208. The van der Waals surface area contributed by atoms with Crippen LogP contribution in [0, 0.1) is 17.9 Å². The normalized spacial score (nSPS) is 12.9. The molecular weight excluding hydrogens is 661 g/mol. The van der Waals surface area contributed by atoms with Crippen LogP contribution in [0.1, 0.15) is 27.8 Å². The molecule has 1 aromatic heterocycles. The summed E-state index contributed by atoms with van der Waals surface area (Å²) in [6.45, 7) is 8.46. The van der Waals surface area contributed by atoms with Crippen LogP contribution in [0.4, 0.5) is 22.7 Å². The molecule has 1 aliphatic carbocycles. The van der Waals surface area contributed by atoms with E-state index in [9.17, 15) is 5.26 Å². The van der Waals surface area contributed by atoms with Crippen LogP contribution in [0.2, 0.25) is 0 Å². The summed E-state index contributed by atoms with van der Waals surface area (Å²) < 4.78 is 0. The van der Waals surface area contributed by atoms with Gasteiger partial charge >= 0.3 is 0 Å². The second kappa shape index (κ2) is 12.2. The Labute approximate surface area is 312 Å². The first-order valence-corrected chi connectivity index (χ1v) is 17.7. The summed E-state index contributed by atoms with van der Waals surface area (Å²) in [5.41, 5.74) is 11.8. The Morgan fingerprint density at radius 2 is 0.963 bits per heavy atom. The molecule has 8 aromatic rings. The van der Waals surface area contributed by atoms with E-state index in [0.717, 1.165) is 33.6 Å². The minimum atomic E-state index is -0.565. The third-order valence-electron chi connectivity index (χ3n) is 10.6. The maximum absolute atomic E-state index is 10.8. The lowest BCUT2D eigenvalue weighted by molar-refractivity contribution is 0.752. The van der Waals surface area contributed by atoms with Crippen molar-refractivity contribution in [3.8, 4) is 51.4 Å². The number of anilines is 3. The molecule has 0 radical (unpaired) electrons. The molecule has 0 saturated heterocycles. The molecule has 54 heavy (non-hydrogen) atoms.